The SMILES string of the molecule is O=C(C(=O)[C@H](O)[C@@H](O)[C@H](O)[C@H](O)C(=O)O)c1ccc2c(c1)nc(-c1ccc(OC(c3cccc(F)c3)c3cccc(F)c3)cc1F)n2C1CCCCC1. The fourth-order valence-electron chi connectivity index (χ4n) is 6.64. The molecule has 5 N–H and O–H groups in total. The lowest BCUT2D eigenvalue weighted by atomic mass is 9.94. The first kappa shape index (κ1) is 37.4. The number of carbonyl (C=O) groups is 3. The summed E-state index contributed by atoms with van der Waals surface area (Å²) in [6.45, 7) is 0. The molecule has 0 saturated heterocycles. The van der Waals surface area contributed by atoms with Crippen LogP contribution in [-0.4, -0.2) is 77.0 Å². The van der Waals surface area contributed by atoms with E-state index in [4.69, 9.17) is 9.84 Å². The Labute approximate surface area is 300 Å². The average Bonchev–Trinajstić information content (AvgIpc) is 3.54. The number of benzene rings is 4. The van der Waals surface area contributed by atoms with Crippen molar-refractivity contribution < 1.29 is 57.8 Å². The average molecular weight is 733 g/mol. The second-order valence-corrected chi connectivity index (χ2v) is 13.0. The maximum atomic E-state index is 16.2. The normalized spacial score (nSPS) is 15.9. The number of rotatable bonds is 13. The molecule has 0 amide bonds. The minimum absolute atomic E-state index is 0.0678. The number of hydrogen-bond donors (Lipinski definition) is 5. The van der Waals surface area contributed by atoms with E-state index >= 15 is 4.39 Å². The number of ether oxygens (including phenoxy) is 1. The zero-order valence-electron chi connectivity index (χ0n) is 28.0. The number of aliphatic hydroxyl groups is 4. The van der Waals surface area contributed by atoms with Gasteiger partial charge in [0.25, 0.3) is 0 Å². The third-order valence-electron chi connectivity index (χ3n) is 9.37. The molecule has 6 rings (SSSR count). The highest BCUT2D eigenvalue weighted by Crippen LogP contribution is 2.38. The van der Waals surface area contributed by atoms with Crippen molar-refractivity contribution in [1.82, 2.24) is 9.55 Å². The summed E-state index contributed by atoms with van der Waals surface area (Å²) in [6, 6.07) is 19.3. The highest BCUT2D eigenvalue weighted by molar-refractivity contribution is 6.45. The third kappa shape index (κ3) is 7.86. The number of aliphatic carboxylic acids is 1. The number of nitrogens with zero attached hydrogens (tertiary/aromatic N) is 2. The fourth-order valence-corrected chi connectivity index (χ4v) is 6.64. The number of aromatic nitrogens is 2. The van der Waals surface area contributed by atoms with Crippen LogP contribution < -0.4 is 4.74 Å². The third-order valence-corrected chi connectivity index (χ3v) is 9.37. The van der Waals surface area contributed by atoms with E-state index in [9.17, 15) is 43.6 Å². The number of aliphatic hydroxyl groups excluding tert-OH is 4. The predicted molar refractivity (Wildman–Crippen MR) is 184 cm³/mol. The number of Topliss-reactive ketones (excluding diaryl/α,β-unsaturated/α-hetero) is 2. The maximum Gasteiger partial charge on any atom is 0.335 e. The first-order valence-electron chi connectivity index (χ1n) is 16.9. The largest absolute Gasteiger partial charge is 0.481 e. The molecule has 11 nitrogen and oxygen atoms in total. The van der Waals surface area contributed by atoms with Crippen molar-refractivity contribution >= 4 is 28.6 Å². The Balaban J connectivity index is 1.34. The number of imidazole rings is 1. The zero-order valence-corrected chi connectivity index (χ0v) is 28.0. The first-order valence-corrected chi connectivity index (χ1v) is 16.9. The predicted octanol–water partition coefficient (Wildman–Crippen LogP) is 5.07. The van der Waals surface area contributed by atoms with Gasteiger partial charge in [-0.15, -0.1) is 0 Å². The fraction of sp³-hybridized carbons (Fsp3) is 0.282. The first-order chi connectivity index (χ1) is 25.3. The Hall–Kier alpha value is -5.41. The second kappa shape index (κ2) is 15.7. The van der Waals surface area contributed by atoms with Crippen LogP contribution >= 0.6 is 0 Å². The van der Waals surface area contributed by atoms with Crippen molar-refractivity contribution in [2.75, 3.05) is 0 Å². The molecule has 5 aromatic rings. The van der Waals surface area contributed by atoms with Crippen molar-refractivity contribution in [3.8, 4) is 17.1 Å². The van der Waals surface area contributed by atoms with E-state index in [0.29, 0.717) is 16.6 Å². The van der Waals surface area contributed by atoms with Gasteiger partial charge in [-0.1, -0.05) is 43.5 Å². The van der Waals surface area contributed by atoms with Crippen LogP contribution in [0.1, 0.15) is 65.7 Å². The lowest BCUT2D eigenvalue weighted by Gasteiger charge is -2.26. The lowest BCUT2D eigenvalue weighted by Crippen LogP contribution is -2.51. The van der Waals surface area contributed by atoms with Gasteiger partial charge < -0.3 is 34.8 Å². The molecule has 1 saturated carbocycles. The number of halogens is 3. The summed E-state index contributed by atoms with van der Waals surface area (Å²) in [7, 11) is 0. The molecule has 0 radical (unpaired) electrons. The zero-order chi connectivity index (χ0) is 38.0. The summed E-state index contributed by atoms with van der Waals surface area (Å²) in [6.07, 6.45) is -6.69. The summed E-state index contributed by atoms with van der Waals surface area (Å²) in [5.74, 6) is -6.29. The van der Waals surface area contributed by atoms with E-state index in [2.05, 4.69) is 4.98 Å². The molecule has 1 aliphatic rings. The van der Waals surface area contributed by atoms with E-state index in [0.717, 1.165) is 38.2 Å². The van der Waals surface area contributed by atoms with Gasteiger partial charge in [0.1, 0.15) is 53.4 Å². The monoisotopic (exact) mass is 732 g/mol. The number of fused-ring (bicyclic) bond motifs is 1. The second-order valence-electron chi connectivity index (χ2n) is 13.0. The summed E-state index contributed by atoms with van der Waals surface area (Å²) in [5, 5.41) is 48.6. The molecule has 1 heterocycles. The van der Waals surface area contributed by atoms with Crippen LogP contribution in [0.15, 0.2) is 84.9 Å². The molecule has 0 unspecified atom stereocenters. The Morgan fingerprint density at radius 1 is 0.755 bits per heavy atom. The summed E-state index contributed by atoms with van der Waals surface area (Å²) >= 11 is 0. The Bertz CT molecular complexity index is 2120. The molecule has 0 bridgehead atoms. The molecular formula is C39H35F3N2O9. The van der Waals surface area contributed by atoms with Gasteiger partial charge in [0.15, 0.2) is 6.10 Å². The summed E-state index contributed by atoms with van der Waals surface area (Å²) < 4.78 is 52.6. The standard InChI is InChI=1S/C39H35F3N2O9/c40-23-8-4-6-21(16-23)37(22-7-5-9-24(41)17-22)53-26-13-14-27(28(42)19-26)38-43-29-18-20(12-15-30(29)44(38)25-10-2-1-3-11-25)31(45)32(46)33(47)34(48)35(49)36(50)39(51)52/h4-9,12-19,25,33-37,47-50H,1-3,10-11H2,(H,51,52)/t33-,34+,35-,36-/m0/s1. The van der Waals surface area contributed by atoms with Crippen LogP contribution in [0.3, 0.4) is 0 Å². The van der Waals surface area contributed by atoms with Crippen LogP contribution in [0, 0.1) is 17.5 Å². The number of carboxylic acid groups (broad SMARTS) is 1. The van der Waals surface area contributed by atoms with Crippen molar-refractivity contribution in [3.05, 3.63) is 119 Å². The topological polar surface area (TPSA) is 179 Å². The van der Waals surface area contributed by atoms with E-state index in [1.807, 2.05) is 4.57 Å². The Morgan fingerprint density at radius 3 is 1.96 bits per heavy atom. The molecule has 0 aliphatic heterocycles. The van der Waals surface area contributed by atoms with Crippen LogP contribution in [0.2, 0.25) is 0 Å². The quantitative estimate of drug-likeness (QED) is 0.0811. The molecule has 4 atom stereocenters. The van der Waals surface area contributed by atoms with Crippen LogP contribution in [0.25, 0.3) is 22.4 Å². The lowest BCUT2D eigenvalue weighted by molar-refractivity contribution is -0.164. The van der Waals surface area contributed by atoms with Crippen molar-refractivity contribution in [3.63, 3.8) is 0 Å². The van der Waals surface area contributed by atoms with Crippen LogP contribution in [-0.2, 0) is 9.59 Å². The van der Waals surface area contributed by atoms with E-state index < -0.39 is 65.5 Å². The van der Waals surface area contributed by atoms with Gasteiger partial charge in [-0.25, -0.2) is 22.9 Å². The Kier molecular flexibility index (Phi) is 11.0. The number of carbonyl (C=O) groups excluding carboxylic acids is 2. The highest BCUT2D eigenvalue weighted by atomic mass is 19.1. The molecule has 276 valence electrons. The van der Waals surface area contributed by atoms with Gasteiger partial charge in [-0.3, -0.25) is 9.59 Å². The van der Waals surface area contributed by atoms with Crippen LogP contribution in [0.4, 0.5) is 13.2 Å². The molecule has 14 heteroatoms. The summed E-state index contributed by atoms with van der Waals surface area (Å²) in [4.78, 5) is 41.5. The highest BCUT2D eigenvalue weighted by Gasteiger charge is 2.40. The van der Waals surface area contributed by atoms with Crippen LogP contribution in [0.5, 0.6) is 5.75 Å². The molecule has 0 spiro atoms. The Morgan fingerprint density at radius 2 is 1.38 bits per heavy atom. The smallest absolute Gasteiger partial charge is 0.335 e. The number of hydrogen-bond acceptors (Lipinski definition) is 9. The van der Waals surface area contributed by atoms with Gasteiger partial charge in [-0.2, -0.15) is 0 Å². The van der Waals surface area contributed by atoms with E-state index in [-0.39, 0.29) is 34.3 Å². The molecule has 4 aromatic carbocycles. The van der Waals surface area contributed by atoms with Gasteiger partial charge in [0.05, 0.1) is 16.6 Å². The molecule has 1 fully saturated rings. The maximum absolute atomic E-state index is 16.2. The molecular weight excluding hydrogens is 697 g/mol. The van der Waals surface area contributed by atoms with Gasteiger partial charge >= 0.3 is 5.97 Å². The van der Waals surface area contributed by atoms with Gasteiger partial charge in [0.2, 0.25) is 11.6 Å². The number of ketones is 2. The molecule has 53 heavy (non-hydrogen) atoms. The van der Waals surface area contributed by atoms with E-state index in [1.54, 1.807) is 12.1 Å². The number of carboxylic acids is 1. The van der Waals surface area contributed by atoms with E-state index in [1.165, 1.54) is 66.7 Å². The van der Waals surface area contributed by atoms with Crippen molar-refractivity contribution in [2.45, 2.75) is 68.7 Å². The minimum atomic E-state index is -2.56. The van der Waals surface area contributed by atoms with Crippen molar-refractivity contribution in [2.24, 2.45) is 0 Å². The van der Waals surface area contributed by atoms with Gasteiger partial charge in [0, 0.05) is 17.7 Å². The summed E-state index contributed by atoms with van der Waals surface area (Å²) in [5.41, 5.74) is 1.30. The minimum Gasteiger partial charge on any atom is -0.481 e. The van der Waals surface area contributed by atoms with Gasteiger partial charge in [-0.05, 0) is 78.6 Å². The molecule has 1 aromatic heterocycles. The molecule has 1 aliphatic carbocycles. The van der Waals surface area contributed by atoms with Crippen molar-refractivity contribution in [1.29, 1.82) is 0 Å².